The van der Waals surface area contributed by atoms with E-state index in [1.165, 1.54) is 5.56 Å². The third-order valence-corrected chi connectivity index (χ3v) is 5.66. The second kappa shape index (κ2) is 6.50. The predicted octanol–water partition coefficient (Wildman–Crippen LogP) is 2.99. The average molecular weight is 385 g/mol. The van der Waals surface area contributed by atoms with Crippen molar-refractivity contribution in [3.8, 4) is 0 Å². The van der Waals surface area contributed by atoms with E-state index < -0.39 is 0 Å². The molecule has 0 saturated carbocycles. The van der Waals surface area contributed by atoms with E-state index in [0.29, 0.717) is 5.02 Å². The predicted molar refractivity (Wildman–Crippen MR) is 106 cm³/mol. The highest BCUT2D eigenvalue weighted by Gasteiger charge is 2.21. The van der Waals surface area contributed by atoms with Crippen molar-refractivity contribution in [1.82, 2.24) is 24.9 Å². The number of halogens is 1. The fourth-order valence-electron chi connectivity index (χ4n) is 3.43. The first kappa shape index (κ1) is 16.0. The Morgan fingerprint density at radius 1 is 1.15 bits per heavy atom. The smallest absolute Gasteiger partial charge is 0.204 e. The van der Waals surface area contributed by atoms with Gasteiger partial charge >= 0.3 is 0 Å². The van der Waals surface area contributed by atoms with Crippen molar-refractivity contribution in [1.29, 1.82) is 0 Å². The summed E-state index contributed by atoms with van der Waals surface area (Å²) in [5, 5.41) is 17.3. The SMILES string of the molecule is Clc1ccc2nc(N3CCNCC3)c3nnc(Cc4ccsc4)n3c2c1. The average Bonchev–Trinajstić information content (AvgIpc) is 3.33. The topological polar surface area (TPSA) is 58.4 Å². The van der Waals surface area contributed by atoms with Crippen molar-refractivity contribution >= 4 is 45.4 Å². The molecule has 26 heavy (non-hydrogen) atoms. The number of aromatic nitrogens is 4. The van der Waals surface area contributed by atoms with Gasteiger partial charge in [-0.1, -0.05) is 11.6 Å². The Bertz CT molecular complexity index is 1070. The van der Waals surface area contributed by atoms with Crippen LogP contribution in [0, 0.1) is 0 Å². The molecule has 5 rings (SSSR count). The number of benzene rings is 1. The normalized spacial score (nSPS) is 15.2. The Hall–Kier alpha value is -2.22. The molecule has 8 heteroatoms. The van der Waals surface area contributed by atoms with Crippen LogP contribution in [0.1, 0.15) is 11.4 Å². The van der Waals surface area contributed by atoms with E-state index in [4.69, 9.17) is 16.6 Å². The van der Waals surface area contributed by atoms with E-state index in [0.717, 1.165) is 60.9 Å². The molecule has 1 fully saturated rings. The number of hydrogen-bond acceptors (Lipinski definition) is 6. The van der Waals surface area contributed by atoms with Gasteiger partial charge in [-0.2, -0.15) is 11.3 Å². The second-order valence-corrected chi connectivity index (χ2v) is 7.61. The van der Waals surface area contributed by atoms with Crippen molar-refractivity contribution in [2.75, 3.05) is 31.1 Å². The molecule has 6 nitrogen and oxygen atoms in total. The summed E-state index contributed by atoms with van der Waals surface area (Å²) in [4.78, 5) is 7.18. The third kappa shape index (κ3) is 2.72. The minimum Gasteiger partial charge on any atom is -0.351 e. The highest BCUT2D eigenvalue weighted by molar-refractivity contribution is 7.07. The van der Waals surface area contributed by atoms with Crippen LogP contribution in [0.4, 0.5) is 5.82 Å². The summed E-state index contributed by atoms with van der Waals surface area (Å²) < 4.78 is 2.11. The Balaban J connectivity index is 1.75. The van der Waals surface area contributed by atoms with Gasteiger partial charge in [-0.15, -0.1) is 10.2 Å². The number of thiophene rings is 1. The van der Waals surface area contributed by atoms with Gasteiger partial charge in [0.15, 0.2) is 5.82 Å². The largest absolute Gasteiger partial charge is 0.351 e. The van der Waals surface area contributed by atoms with Gasteiger partial charge in [-0.05, 0) is 40.6 Å². The van der Waals surface area contributed by atoms with E-state index in [1.807, 2.05) is 18.2 Å². The summed E-state index contributed by atoms with van der Waals surface area (Å²) in [5.41, 5.74) is 3.88. The summed E-state index contributed by atoms with van der Waals surface area (Å²) in [6.07, 6.45) is 0.733. The monoisotopic (exact) mass is 384 g/mol. The van der Waals surface area contributed by atoms with Crippen LogP contribution in [-0.4, -0.2) is 45.8 Å². The van der Waals surface area contributed by atoms with Crippen LogP contribution in [-0.2, 0) is 6.42 Å². The maximum absolute atomic E-state index is 6.27. The van der Waals surface area contributed by atoms with Crippen LogP contribution in [0.25, 0.3) is 16.7 Å². The molecule has 0 bridgehead atoms. The van der Waals surface area contributed by atoms with E-state index in [2.05, 4.69) is 41.6 Å². The number of hydrogen-bond donors (Lipinski definition) is 1. The zero-order valence-electron chi connectivity index (χ0n) is 14.0. The number of rotatable bonds is 3. The van der Waals surface area contributed by atoms with Crippen molar-refractivity contribution in [3.05, 3.63) is 51.4 Å². The summed E-state index contributed by atoms with van der Waals surface area (Å²) in [5.74, 6) is 1.80. The van der Waals surface area contributed by atoms with Crippen LogP contribution < -0.4 is 10.2 Å². The van der Waals surface area contributed by atoms with Gasteiger partial charge in [-0.3, -0.25) is 4.40 Å². The molecule has 3 aromatic heterocycles. The molecule has 0 spiro atoms. The molecule has 0 aliphatic carbocycles. The van der Waals surface area contributed by atoms with Crippen molar-refractivity contribution in [2.45, 2.75) is 6.42 Å². The van der Waals surface area contributed by atoms with Gasteiger partial charge in [-0.25, -0.2) is 4.98 Å². The highest BCUT2D eigenvalue weighted by Crippen LogP contribution is 2.27. The first-order chi connectivity index (χ1) is 12.8. The number of fused-ring (bicyclic) bond motifs is 3. The summed E-state index contributed by atoms with van der Waals surface area (Å²) >= 11 is 7.96. The molecule has 1 aliphatic heterocycles. The Kier molecular flexibility index (Phi) is 4.00. The van der Waals surface area contributed by atoms with Gasteiger partial charge in [0.05, 0.1) is 11.0 Å². The van der Waals surface area contributed by atoms with Gasteiger partial charge in [0.25, 0.3) is 0 Å². The van der Waals surface area contributed by atoms with Gasteiger partial charge in [0.1, 0.15) is 5.82 Å². The lowest BCUT2D eigenvalue weighted by Gasteiger charge is -2.28. The number of nitrogens with one attached hydrogen (secondary N) is 1. The minimum atomic E-state index is 0.686. The molecule has 0 radical (unpaired) electrons. The molecule has 1 aliphatic rings. The Labute approximate surface area is 159 Å². The van der Waals surface area contributed by atoms with Gasteiger partial charge in [0, 0.05) is 37.6 Å². The van der Waals surface area contributed by atoms with E-state index in [1.54, 1.807) is 11.3 Å². The molecule has 0 unspecified atom stereocenters. The molecule has 132 valence electrons. The number of nitrogens with zero attached hydrogens (tertiary/aromatic N) is 5. The maximum atomic E-state index is 6.27. The molecule has 1 saturated heterocycles. The Morgan fingerprint density at radius 2 is 2.04 bits per heavy atom. The first-order valence-corrected chi connectivity index (χ1v) is 9.92. The number of piperazine rings is 1. The van der Waals surface area contributed by atoms with Crippen LogP contribution >= 0.6 is 22.9 Å². The quantitative estimate of drug-likeness (QED) is 0.588. The zero-order chi connectivity index (χ0) is 17.5. The highest BCUT2D eigenvalue weighted by atomic mass is 35.5. The molecule has 1 N–H and O–H groups in total. The van der Waals surface area contributed by atoms with E-state index >= 15 is 0 Å². The van der Waals surface area contributed by atoms with Crippen LogP contribution in [0.5, 0.6) is 0 Å². The minimum absolute atomic E-state index is 0.686. The fraction of sp³-hybridized carbons (Fsp3) is 0.278. The molecule has 4 aromatic rings. The van der Waals surface area contributed by atoms with E-state index in [-0.39, 0.29) is 0 Å². The molecule has 0 atom stereocenters. The lowest BCUT2D eigenvalue weighted by Crippen LogP contribution is -2.44. The maximum Gasteiger partial charge on any atom is 0.204 e. The van der Waals surface area contributed by atoms with Gasteiger partial charge < -0.3 is 10.2 Å². The summed E-state index contributed by atoms with van der Waals surface area (Å²) in [7, 11) is 0. The van der Waals surface area contributed by atoms with Crippen molar-refractivity contribution in [3.63, 3.8) is 0 Å². The summed E-state index contributed by atoms with van der Waals surface area (Å²) in [6.45, 7) is 3.72. The van der Waals surface area contributed by atoms with Crippen LogP contribution in [0.3, 0.4) is 0 Å². The Morgan fingerprint density at radius 3 is 2.85 bits per heavy atom. The molecule has 4 heterocycles. The van der Waals surface area contributed by atoms with E-state index in [9.17, 15) is 0 Å². The first-order valence-electron chi connectivity index (χ1n) is 8.59. The third-order valence-electron chi connectivity index (χ3n) is 4.69. The van der Waals surface area contributed by atoms with Crippen LogP contribution in [0.15, 0.2) is 35.0 Å². The molecule has 0 amide bonds. The molecule has 1 aromatic carbocycles. The molecular formula is C18H17ClN6S. The van der Waals surface area contributed by atoms with Crippen molar-refractivity contribution in [2.24, 2.45) is 0 Å². The fourth-order valence-corrected chi connectivity index (χ4v) is 4.26. The lowest BCUT2D eigenvalue weighted by atomic mass is 10.2. The van der Waals surface area contributed by atoms with Crippen molar-refractivity contribution < 1.29 is 0 Å². The van der Waals surface area contributed by atoms with Gasteiger partial charge in [0.2, 0.25) is 5.65 Å². The zero-order valence-corrected chi connectivity index (χ0v) is 15.6. The number of anilines is 1. The lowest BCUT2D eigenvalue weighted by molar-refractivity contribution is 0.586. The molecular weight excluding hydrogens is 368 g/mol. The standard InChI is InChI=1S/C18H17ClN6S/c19-13-1-2-14-15(10-13)25-16(9-12-3-8-26-11-12)22-23-18(25)17(21-14)24-6-4-20-5-7-24/h1-3,8,10-11,20H,4-7,9H2. The second-order valence-electron chi connectivity index (χ2n) is 6.39. The van der Waals surface area contributed by atoms with Crippen LogP contribution in [0.2, 0.25) is 5.02 Å². The summed E-state index contributed by atoms with van der Waals surface area (Å²) in [6, 6.07) is 7.92.